The minimum atomic E-state index is -0.174. The Morgan fingerprint density at radius 3 is 2.22 bits per heavy atom. The number of hydrogen-bond donors (Lipinski definition) is 3. The SMILES string of the molecule is CC(CCN)CC(N)N. The molecule has 1 atom stereocenters. The average Bonchev–Trinajstić information content (AvgIpc) is 1.63. The highest BCUT2D eigenvalue weighted by molar-refractivity contribution is 4.59. The second kappa shape index (κ2) is 4.73. The molecule has 0 heterocycles. The fourth-order valence-electron chi connectivity index (χ4n) is 0.867. The molecule has 56 valence electrons. The largest absolute Gasteiger partial charge is 0.330 e. The van der Waals surface area contributed by atoms with Crippen LogP contribution in [-0.4, -0.2) is 12.7 Å². The third kappa shape index (κ3) is 5.76. The lowest BCUT2D eigenvalue weighted by Gasteiger charge is -2.11. The summed E-state index contributed by atoms with van der Waals surface area (Å²) in [6, 6.07) is 0. The molecule has 9 heavy (non-hydrogen) atoms. The summed E-state index contributed by atoms with van der Waals surface area (Å²) in [6.07, 6.45) is 1.72. The summed E-state index contributed by atoms with van der Waals surface area (Å²) >= 11 is 0. The monoisotopic (exact) mass is 131 g/mol. The van der Waals surface area contributed by atoms with E-state index in [0.717, 1.165) is 19.4 Å². The smallest absolute Gasteiger partial charge is 0.0523 e. The van der Waals surface area contributed by atoms with Crippen molar-refractivity contribution in [1.29, 1.82) is 0 Å². The van der Waals surface area contributed by atoms with Gasteiger partial charge in [-0.2, -0.15) is 0 Å². The minimum absolute atomic E-state index is 0.174. The summed E-state index contributed by atoms with van der Waals surface area (Å²) in [4.78, 5) is 0. The third-order valence-corrected chi connectivity index (χ3v) is 1.33. The molecule has 1 unspecified atom stereocenters. The second-order valence-corrected chi connectivity index (χ2v) is 2.58. The van der Waals surface area contributed by atoms with Crippen molar-refractivity contribution in [3.05, 3.63) is 0 Å². The fourth-order valence-corrected chi connectivity index (χ4v) is 0.867. The summed E-state index contributed by atoms with van der Waals surface area (Å²) in [7, 11) is 0. The van der Waals surface area contributed by atoms with Crippen molar-refractivity contribution in [3.8, 4) is 0 Å². The first-order valence-corrected chi connectivity index (χ1v) is 3.38. The molecular weight excluding hydrogens is 114 g/mol. The average molecular weight is 131 g/mol. The van der Waals surface area contributed by atoms with Crippen molar-refractivity contribution < 1.29 is 0 Å². The zero-order valence-corrected chi connectivity index (χ0v) is 6.01. The van der Waals surface area contributed by atoms with E-state index in [1.807, 2.05) is 0 Å². The minimum Gasteiger partial charge on any atom is -0.330 e. The molecule has 0 amide bonds. The molecule has 0 bridgehead atoms. The van der Waals surface area contributed by atoms with Gasteiger partial charge in [0.15, 0.2) is 0 Å². The van der Waals surface area contributed by atoms with Crippen molar-refractivity contribution in [1.82, 2.24) is 0 Å². The Morgan fingerprint density at radius 1 is 1.33 bits per heavy atom. The lowest BCUT2D eigenvalue weighted by Crippen LogP contribution is -2.32. The Labute approximate surface area is 56.6 Å². The van der Waals surface area contributed by atoms with Crippen LogP contribution in [0.5, 0.6) is 0 Å². The van der Waals surface area contributed by atoms with Crippen molar-refractivity contribution >= 4 is 0 Å². The zero-order chi connectivity index (χ0) is 7.28. The quantitative estimate of drug-likeness (QED) is 0.454. The van der Waals surface area contributed by atoms with E-state index < -0.39 is 0 Å². The second-order valence-electron chi connectivity index (χ2n) is 2.58. The highest BCUT2D eigenvalue weighted by atomic mass is 14.8. The first-order chi connectivity index (χ1) is 4.16. The normalized spacial score (nSPS) is 14.3. The van der Waals surface area contributed by atoms with Gasteiger partial charge in [0.1, 0.15) is 0 Å². The van der Waals surface area contributed by atoms with E-state index in [9.17, 15) is 0 Å². The lowest BCUT2D eigenvalue weighted by atomic mass is 10.0. The maximum atomic E-state index is 5.36. The molecule has 0 aromatic carbocycles. The van der Waals surface area contributed by atoms with Crippen molar-refractivity contribution in [3.63, 3.8) is 0 Å². The van der Waals surface area contributed by atoms with E-state index in [4.69, 9.17) is 17.2 Å². The van der Waals surface area contributed by atoms with E-state index in [-0.39, 0.29) is 6.17 Å². The Bertz CT molecular complexity index is 63.3. The van der Waals surface area contributed by atoms with Gasteiger partial charge in [-0.3, -0.25) is 0 Å². The van der Waals surface area contributed by atoms with Crippen LogP contribution in [0, 0.1) is 5.92 Å². The summed E-state index contributed by atoms with van der Waals surface area (Å²) in [6.45, 7) is 2.84. The van der Waals surface area contributed by atoms with Crippen LogP contribution in [0.15, 0.2) is 0 Å². The Balaban J connectivity index is 3.15. The van der Waals surface area contributed by atoms with Gasteiger partial charge in [0.25, 0.3) is 0 Å². The molecule has 0 saturated carbocycles. The zero-order valence-electron chi connectivity index (χ0n) is 6.01. The highest BCUT2D eigenvalue weighted by Crippen LogP contribution is 2.05. The maximum Gasteiger partial charge on any atom is 0.0523 e. The fraction of sp³-hybridized carbons (Fsp3) is 1.00. The van der Waals surface area contributed by atoms with Crippen LogP contribution in [0.4, 0.5) is 0 Å². The summed E-state index contributed by atoms with van der Waals surface area (Å²) in [5, 5.41) is 0. The van der Waals surface area contributed by atoms with E-state index in [1.165, 1.54) is 0 Å². The van der Waals surface area contributed by atoms with Crippen molar-refractivity contribution in [2.24, 2.45) is 23.1 Å². The predicted molar refractivity (Wildman–Crippen MR) is 39.6 cm³/mol. The van der Waals surface area contributed by atoms with Gasteiger partial charge in [-0.05, 0) is 25.3 Å². The molecule has 0 aromatic heterocycles. The van der Waals surface area contributed by atoms with Gasteiger partial charge in [-0.25, -0.2) is 0 Å². The van der Waals surface area contributed by atoms with Gasteiger partial charge >= 0.3 is 0 Å². The summed E-state index contributed by atoms with van der Waals surface area (Å²) in [5.74, 6) is 0.565. The summed E-state index contributed by atoms with van der Waals surface area (Å²) in [5.41, 5.74) is 16.0. The molecule has 0 aliphatic heterocycles. The van der Waals surface area contributed by atoms with E-state index >= 15 is 0 Å². The molecular formula is C6H17N3. The molecule has 0 fully saturated rings. The van der Waals surface area contributed by atoms with Gasteiger partial charge in [0.05, 0.1) is 6.17 Å². The van der Waals surface area contributed by atoms with Gasteiger partial charge in [-0.1, -0.05) is 6.92 Å². The molecule has 0 saturated heterocycles. The molecule has 0 radical (unpaired) electrons. The van der Waals surface area contributed by atoms with Gasteiger partial charge in [0.2, 0.25) is 0 Å². The predicted octanol–water partition coefficient (Wildman–Crippen LogP) is -0.395. The van der Waals surface area contributed by atoms with Crippen LogP contribution in [0.1, 0.15) is 19.8 Å². The molecule has 0 aliphatic carbocycles. The van der Waals surface area contributed by atoms with Crippen LogP contribution in [0.25, 0.3) is 0 Å². The highest BCUT2D eigenvalue weighted by Gasteiger charge is 2.02. The summed E-state index contributed by atoms with van der Waals surface area (Å²) < 4.78 is 0. The first kappa shape index (κ1) is 8.88. The standard InChI is InChI=1S/C6H17N3/c1-5(2-3-7)4-6(8)9/h5-6H,2-4,7-9H2,1H3. The van der Waals surface area contributed by atoms with Gasteiger partial charge in [0, 0.05) is 0 Å². The number of rotatable bonds is 4. The van der Waals surface area contributed by atoms with Crippen molar-refractivity contribution in [2.45, 2.75) is 25.9 Å². The van der Waals surface area contributed by atoms with E-state index in [0.29, 0.717) is 5.92 Å². The molecule has 6 N–H and O–H groups in total. The van der Waals surface area contributed by atoms with Crippen LogP contribution >= 0.6 is 0 Å². The lowest BCUT2D eigenvalue weighted by molar-refractivity contribution is 0.448. The molecule has 3 heteroatoms. The van der Waals surface area contributed by atoms with Crippen molar-refractivity contribution in [2.75, 3.05) is 6.54 Å². The molecule has 0 aliphatic rings. The van der Waals surface area contributed by atoms with Crippen LogP contribution in [0.3, 0.4) is 0 Å². The molecule has 3 nitrogen and oxygen atoms in total. The Morgan fingerprint density at radius 2 is 1.89 bits per heavy atom. The van der Waals surface area contributed by atoms with Crippen LogP contribution < -0.4 is 17.2 Å². The van der Waals surface area contributed by atoms with Crippen LogP contribution in [0.2, 0.25) is 0 Å². The molecule has 0 spiro atoms. The Kier molecular flexibility index (Phi) is 4.67. The van der Waals surface area contributed by atoms with Crippen LogP contribution in [-0.2, 0) is 0 Å². The Hall–Kier alpha value is -0.120. The first-order valence-electron chi connectivity index (χ1n) is 3.38. The maximum absolute atomic E-state index is 5.36. The molecule has 0 rings (SSSR count). The number of hydrogen-bond acceptors (Lipinski definition) is 3. The third-order valence-electron chi connectivity index (χ3n) is 1.33. The van der Waals surface area contributed by atoms with Gasteiger partial charge < -0.3 is 17.2 Å². The molecule has 0 aromatic rings. The van der Waals surface area contributed by atoms with Gasteiger partial charge in [-0.15, -0.1) is 0 Å². The van der Waals surface area contributed by atoms with E-state index in [1.54, 1.807) is 0 Å². The number of nitrogens with two attached hydrogens (primary N) is 3. The topological polar surface area (TPSA) is 78.1 Å². The van der Waals surface area contributed by atoms with E-state index in [2.05, 4.69) is 6.92 Å².